The van der Waals surface area contributed by atoms with Crippen molar-refractivity contribution in [3.05, 3.63) is 48.3 Å². The van der Waals surface area contributed by atoms with Gasteiger partial charge < -0.3 is 18.7 Å². The Kier molecular flexibility index (Phi) is 5.34. The summed E-state index contributed by atoms with van der Waals surface area (Å²) in [5.41, 5.74) is 4.52. The molecular formula is C24H25N5O3. The van der Waals surface area contributed by atoms with Crippen molar-refractivity contribution in [2.75, 3.05) is 20.2 Å². The summed E-state index contributed by atoms with van der Waals surface area (Å²) in [6.45, 7) is 4.37. The van der Waals surface area contributed by atoms with Crippen LogP contribution in [0.25, 0.3) is 33.9 Å². The van der Waals surface area contributed by atoms with E-state index in [4.69, 9.17) is 9.26 Å². The molecule has 0 radical (unpaired) electrons. The summed E-state index contributed by atoms with van der Waals surface area (Å²) in [5.74, 6) is 1.98. The van der Waals surface area contributed by atoms with Crippen LogP contribution in [-0.4, -0.2) is 50.7 Å². The number of benzene rings is 2. The largest absolute Gasteiger partial charge is 0.497 e. The number of carbonyl (C=O) groups is 1. The molecule has 32 heavy (non-hydrogen) atoms. The molecular weight excluding hydrogens is 406 g/mol. The third kappa shape index (κ3) is 3.84. The molecule has 2 aromatic carbocycles. The van der Waals surface area contributed by atoms with Crippen molar-refractivity contribution >= 4 is 16.9 Å². The normalized spacial score (nSPS) is 13.8. The topological polar surface area (TPSA) is 86.3 Å². The number of hydrogen-bond donors (Lipinski definition) is 0. The van der Waals surface area contributed by atoms with E-state index in [0.29, 0.717) is 24.7 Å². The highest BCUT2D eigenvalue weighted by Gasteiger charge is 2.18. The lowest BCUT2D eigenvalue weighted by atomic mass is 10.1. The van der Waals surface area contributed by atoms with Crippen LogP contribution in [0, 0.1) is 6.92 Å². The van der Waals surface area contributed by atoms with Crippen molar-refractivity contribution in [3.8, 4) is 28.6 Å². The molecule has 5 rings (SSSR count). The predicted octanol–water partition coefficient (Wildman–Crippen LogP) is 4.08. The van der Waals surface area contributed by atoms with Crippen molar-refractivity contribution in [1.29, 1.82) is 0 Å². The molecule has 0 spiro atoms. The van der Waals surface area contributed by atoms with Crippen LogP contribution < -0.4 is 4.74 Å². The Bertz CT molecular complexity index is 1270. The average molecular weight is 431 g/mol. The van der Waals surface area contributed by atoms with Crippen molar-refractivity contribution < 1.29 is 14.1 Å². The molecule has 0 atom stereocenters. The Morgan fingerprint density at radius 3 is 2.78 bits per heavy atom. The molecule has 4 aromatic rings. The number of aromatic nitrogens is 4. The summed E-state index contributed by atoms with van der Waals surface area (Å²) < 4.78 is 12.8. The Balaban J connectivity index is 1.34. The van der Waals surface area contributed by atoms with Crippen LogP contribution in [0.4, 0.5) is 0 Å². The summed E-state index contributed by atoms with van der Waals surface area (Å²) in [5, 5.41) is 4.16. The number of ether oxygens (including phenoxy) is 1. The molecule has 0 saturated carbocycles. The average Bonchev–Trinajstić information content (AvgIpc) is 3.58. The molecule has 1 fully saturated rings. The molecule has 1 amide bonds. The van der Waals surface area contributed by atoms with E-state index in [1.807, 2.05) is 52.8 Å². The molecule has 8 heteroatoms. The molecule has 0 bridgehead atoms. The molecule has 2 aromatic heterocycles. The lowest BCUT2D eigenvalue weighted by Gasteiger charge is -2.15. The van der Waals surface area contributed by atoms with Crippen molar-refractivity contribution in [2.45, 2.75) is 32.7 Å². The maximum atomic E-state index is 12.4. The van der Waals surface area contributed by atoms with Gasteiger partial charge in [-0.1, -0.05) is 5.16 Å². The second-order valence-corrected chi connectivity index (χ2v) is 8.08. The van der Waals surface area contributed by atoms with E-state index < -0.39 is 0 Å². The summed E-state index contributed by atoms with van der Waals surface area (Å²) in [4.78, 5) is 23.4. The van der Waals surface area contributed by atoms with Gasteiger partial charge in [-0.25, -0.2) is 4.98 Å². The van der Waals surface area contributed by atoms with E-state index in [1.54, 1.807) is 13.4 Å². The van der Waals surface area contributed by atoms with E-state index in [9.17, 15) is 4.79 Å². The van der Waals surface area contributed by atoms with E-state index >= 15 is 0 Å². The van der Waals surface area contributed by atoms with Gasteiger partial charge in [-0.2, -0.15) is 4.98 Å². The number of imidazole rings is 1. The molecule has 0 unspecified atom stereocenters. The summed E-state index contributed by atoms with van der Waals surface area (Å²) in [6, 6.07) is 11.6. The number of fused-ring (bicyclic) bond motifs is 1. The highest BCUT2D eigenvalue weighted by Crippen LogP contribution is 2.28. The molecule has 0 aliphatic carbocycles. The Morgan fingerprint density at radius 1 is 1.16 bits per heavy atom. The van der Waals surface area contributed by atoms with Gasteiger partial charge in [0.15, 0.2) is 0 Å². The van der Waals surface area contributed by atoms with E-state index in [1.165, 1.54) is 0 Å². The second-order valence-electron chi connectivity index (χ2n) is 8.08. The van der Waals surface area contributed by atoms with E-state index in [0.717, 1.165) is 59.4 Å². The number of amides is 1. The first-order chi connectivity index (χ1) is 15.6. The fourth-order valence-corrected chi connectivity index (χ4v) is 4.18. The lowest BCUT2D eigenvalue weighted by molar-refractivity contribution is -0.130. The van der Waals surface area contributed by atoms with Crippen molar-refractivity contribution in [2.24, 2.45) is 0 Å². The SMILES string of the molecule is COc1ccc(-c2nc(-c3ccc4c(c3)ncn4CCC(=O)N3CCCC3)no2)c(C)c1. The van der Waals surface area contributed by atoms with Crippen LogP contribution in [-0.2, 0) is 11.3 Å². The number of rotatable bonds is 6. The molecule has 1 aliphatic heterocycles. The summed E-state index contributed by atoms with van der Waals surface area (Å²) in [7, 11) is 1.64. The van der Waals surface area contributed by atoms with E-state index in [-0.39, 0.29) is 5.91 Å². The first kappa shape index (κ1) is 20.2. The zero-order chi connectivity index (χ0) is 22.1. The van der Waals surface area contributed by atoms with Crippen LogP contribution in [0.5, 0.6) is 5.75 Å². The van der Waals surface area contributed by atoms with Gasteiger partial charge in [0.25, 0.3) is 5.89 Å². The molecule has 164 valence electrons. The Hall–Kier alpha value is -3.68. The third-order valence-electron chi connectivity index (χ3n) is 5.99. The first-order valence-corrected chi connectivity index (χ1v) is 10.8. The quantitative estimate of drug-likeness (QED) is 0.457. The predicted molar refractivity (Wildman–Crippen MR) is 120 cm³/mol. The fraction of sp³-hybridized carbons (Fsp3) is 0.333. The Labute approximate surface area is 185 Å². The second kappa shape index (κ2) is 8.45. The zero-order valence-corrected chi connectivity index (χ0v) is 18.2. The Morgan fingerprint density at radius 2 is 2.00 bits per heavy atom. The zero-order valence-electron chi connectivity index (χ0n) is 18.2. The minimum absolute atomic E-state index is 0.217. The number of nitrogens with zero attached hydrogens (tertiary/aromatic N) is 5. The smallest absolute Gasteiger partial charge is 0.258 e. The van der Waals surface area contributed by atoms with E-state index in [2.05, 4.69) is 15.1 Å². The number of methoxy groups -OCH3 is 1. The first-order valence-electron chi connectivity index (χ1n) is 10.8. The van der Waals surface area contributed by atoms with Crippen molar-refractivity contribution in [1.82, 2.24) is 24.6 Å². The number of hydrogen-bond acceptors (Lipinski definition) is 6. The molecule has 0 N–H and O–H groups in total. The van der Waals surface area contributed by atoms with Gasteiger partial charge in [-0.3, -0.25) is 4.79 Å². The number of aryl methyl sites for hydroxylation is 2. The van der Waals surface area contributed by atoms with Crippen LogP contribution in [0.2, 0.25) is 0 Å². The molecule has 1 saturated heterocycles. The lowest BCUT2D eigenvalue weighted by Crippen LogP contribution is -2.28. The summed E-state index contributed by atoms with van der Waals surface area (Å²) >= 11 is 0. The van der Waals surface area contributed by atoms with Gasteiger partial charge in [0.2, 0.25) is 11.7 Å². The third-order valence-corrected chi connectivity index (χ3v) is 5.99. The molecule has 8 nitrogen and oxygen atoms in total. The van der Waals surface area contributed by atoms with Gasteiger partial charge >= 0.3 is 0 Å². The maximum absolute atomic E-state index is 12.4. The minimum Gasteiger partial charge on any atom is -0.497 e. The van der Waals surface area contributed by atoms with Gasteiger partial charge in [0, 0.05) is 37.2 Å². The van der Waals surface area contributed by atoms with Crippen LogP contribution >= 0.6 is 0 Å². The van der Waals surface area contributed by atoms with Crippen molar-refractivity contribution in [3.63, 3.8) is 0 Å². The van der Waals surface area contributed by atoms with Gasteiger partial charge in [-0.05, 0) is 61.7 Å². The maximum Gasteiger partial charge on any atom is 0.258 e. The highest BCUT2D eigenvalue weighted by molar-refractivity contribution is 5.81. The van der Waals surface area contributed by atoms with Crippen LogP contribution in [0.3, 0.4) is 0 Å². The molecule has 1 aliphatic rings. The van der Waals surface area contributed by atoms with Gasteiger partial charge in [0.05, 0.1) is 24.5 Å². The van der Waals surface area contributed by atoms with Crippen LogP contribution in [0.1, 0.15) is 24.8 Å². The summed E-state index contributed by atoms with van der Waals surface area (Å²) in [6.07, 6.45) is 4.49. The molecule has 3 heterocycles. The fourth-order valence-electron chi connectivity index (χ4n) is 4.18. The monoisotopic (exact) mass is 431 g/mol. The number of likely N-dealkylation sites (tertiary alicyclic amines) is 1. The number of carbonyl (C=O) groups excluding carboxylic acids is 1. The minimum atomic E-state index is 0.217. The van der Waals surface area contributed by atoms with Gasteiger partial charge in [-0.15, -0.1) is 0 Å². The van der Waals surface area contributed by atoms with Crippen LogP contribution in [0.15, 0.2) is 47.2 Å². The highest BCUT2D eigenvalue weighted by atomic mass is 16.5. The standard InChI is InChI=1S/C24H25N5O3/c1-16-13-18(31-2)6-7-19(16)24-26-23(27-32-24)17-5-8-21-20(14-17)25-15-29(21)12-9-22(30)28-10-3-4-11-28/h5-8,13-15H,3-4,9-12H2,1-2H3. The van der Waals surface area contributed by atoms with Gasteiger partial charge in [0.1, 0.15) is 5.75 Å².